The van der Waals surface area contributed by atoms with Crippen LogP contribution in [0.15, 0.2) is 47.4 Å². The number of rotatable bonds is 10. The number of nitrogens with zero attached hydrogens (tertiary/aromatic N) is 3. The van der Waals surface area contributed by atoms with Crippen molar-refractivity contribution in [3.8, 4) is 6.07 Å². The fourth-order valence-electron chi connectivity index (χ4n) is 2.54. The standard InChI is InChI=1S/C18H20N4O4S/c19-13-5-1-2-7-15-8-6-9-16(21-15)12-14-20-27(25,26)18-11-4-3-10-17(18)22(23)24/h3-4,6,8-11,20H,1-2,5,7,12,14H2. The number of nitrogens with one attached hydrogen (secondary N) is 1. The Morgan fingerprint density at radius 1 is 1.07 bits per heavy atom. The second-order valence-corrected chi connectivity index (χ2v) is 7.59. The Kier molecular flexibility index (Phi) is 7.40. The zero-order valence-corrected chi connectivity index (χ0v) is 15.5. The molecule has 0 spiro atoms. The molecule has 0 aliphatic heterocycles. The number of hydrogen-bond donors (Lipinski definition) is 1. The van der Waals surface area contributed by atoms with Gasteiger partial charge in [-0.25, -0.2) is 13.1 Å². The lowest BCUT2D eigenvalue weighted by molar-refractivity contribution is -0.387. The maximum atomic E-state index is 12.4. The summed E-state index contributed by atoms with van der Waals surface area (Å²) in [6.45, 7) is 0.0826. The van der Waals surface area contributed by atoms with Crippen molar-refractivity contribution >= 4 is 15.7 Å². The second-order valence-electron chi connectivity index (χ2n) is 5.86. The number of nitro benzene ring substituents is 1. The molecule has 0 bridgehead atoms. The van der Waals surface area contributed by atoms with E-state index in [2.05, 4.69) is 15.8 Å². The highest BCUT2D eigenvalue weighted by atomic mass is 32.2. The molecular weight excluding hydrogens is 368 g/mol. The largest absolute Gasteiger partial charge is 0.289 e. The van der Waals surface area contributed by atoms with Crippen LogP contribution in [0.25, 0.3) is 0 Å². The zero-order chi connectivity index (χ0) is 19.7. The minimum Gasteiger partial charge on any atom is -0.258 e. The summed E-state index contributed by atoms with van der Waals surface area (Å²) in [6.07, 6.45) is 3.34. The number of aryl methyl sites for hydroxylation is 1. The maximum absolute atomic E-state index is 12.4. The van der Waals surface area contributed by atoms with Crippen LogP contribution in [-0.4, -0.2) is 24.9 Å². The lowest BCUT2D eigenvalue weighted by Crippen LogP contribution is -2.26. The summed E-state index contributed by atoms with van der Waals surface area (Å²) in [7, 11) is -3.99. The van der Waals surface area contributed by atoms with E-state index in [1.165, 1.54) is 18.2 Å². The molecule has 27 heavy (non-hydrogen) atoms. The van der Waals surface area contributed by atoms with Crippen molar-refractivity contribution in [3.05, 3.63) is 64.0 Å². The van der Waals surface area contributed by atoms with E-state index in [0.29, 0.717) is 12.8 Å². The van der Waals surface area contributed by atoms with E-state index in [1.54, 1.807) is 6.07 Å². The lowest BCUT2D eigenvalue weighted by atomic mass is 10.1. The average Bonchev–Trinajstić information content (AvgIpc) is 2.65. The van der Waals surface area contributed by atoms with E-state index in [4.69, 9.17) is 5.26 Å². The molecule has 0 atom stereocenters. The Hall–Kier alpha value is -2.83. The first-order valence-corrected chi connectivity index (χ1v) is 9.97. The quantitative estimate of drug-likeness (QED) is 0.379. The Balaban J connectivity index is 1.96. The number of aromatic nitrogens is 1. The summed E-state index contributed by atoms with van der Waals surface area (Å²) >= 11 is 0. The summed E-state index contributed by atoms with van der Waals surface area (Å²) in [4.78, 5) is 14.4. The van der Waals surface area contributed by atoms with E-state index >= 15 is 0 Å². The molecule has 1 heterocycles. The van der Waals surface area contributed by atoms with Crippen molar-refractivity contribution < 1.29 is 13.3 Å². The van der Waals surface area contributed by atoms with Gasteiger partial charge in [0.15, 0.2) is 4.90 Å². The second kappa shape index (κ2) is 9.75. The Morgan fingerprint density at radius 3 is 2.48 bits per heavy atom. The van der Waals surface area contributed by atoms with Crippen LogP contribution in [0.5, 0.6) is 0 Å². The van der Waals surface area contributed by atoms with Crippen LogP contribution < -0.4 is 4.72 Å². The molecule has 142 valence electrons. The van der Waals surface area contributed by atoms with Crippen LogP contribution in [0, 0.1) is 21.4 Å². The van der Waals surface area contributed by atoms with Gasteiger partial charge in [0.1, 0.15) is 0 Å². The third-order valence-corrected chi connectivity index (χ3v) is 5.37. The molecule has 0 saturated heterocycles. The first-order valence-electron chi connectivity index (χ1n) is 8.49. The van der Waals surface area contributed by atoms with Gasteiger partial charge in [-0.15, -0.1) is 0 Å². The van der Waals surface area contributed by atoms with Crippen LogP contribution in [0.3, 0.4) is 0 Å². The summed E-state index contributed by atoms with van der Waals surface area (Å²) < 4.78 is 27.1. The van der Waals surface area contributed by atoms with Gasteiger partial charge in [0.05, 0.1) is 11.0 Å². The summed E-state index contributed by atoms with van der Waals surface area (Å²) in [6, 6.07) is 12.9. The van der Waals surface area contributed by atoms with Crippen LogP contribution in [-0.2, 0) is 22.9 Å². The lowest BCUT2D eigenvalue weighted by Gasteiger charge is -2.08. The van der Waals surface area contributed by atoms with Gasteiger partial charge in [0, 0.05) is 36.8 Å². The van der Waals surface area contributed by atoms with Crippen LogP contribution in [0.1, 0.15) is 30.7 Å². The van der Waals surface area contributed by atoms with Crippen LogP contribution >= 0.6 is 0 Å². The summed E-state index contributed by atoms with van der Waals surface area (Å²) in [5.41, 5.74) is 1.17. The number of nitro groups is 1. The molecule has 8 nitrogen and oxygen atoms in total. The highest BCUT2D eigenvalue weighted by molar-refractivity contribution is 7.89. The third kappa shape index (κ3) is 6.13. The number of para-hydroxylation sites is 1. The van der Waals surface area contributed by atoms with Crippen molar-refractivity contribution in [1.82, 2.24) is 9.71 Å². The van der Waals surface area contributed by atoms with Gasteiger partial charge in [-0.2, -0.15) is 5.26 Å². The average molecular weight is 388 g/mol. The molecule has 9 heteroatoms. The van der Waals surface area contributed by atoms with E-state index in [1.807, 2.05) is 12.1 Å². The van der Waals surface area contributed by atoms with E-state index in [9.17, 15) is 18.5 Å². The zero-order valence-electron chi connectivity index (χ0n) is 14.7. The summed E-state index contributed by atoms with van der Waals surface area (Å²) in [5, 5.41) is 19.6. The highest BCUT2D eigenvalue weighted by Crippen LogP contribution is 2.22. The highest BCUT2D eigenvalue weighted by Gasteiger charge is 2.24. The topological polar surface area (TPSA) is 126 Å². The Bertz CT molecular complexity index is 938. The first kappa shape index (κ1) is 20.5. The predicted octanol–water partition coefficient (Wildman–Crippen LogP) is 2.75. The van der Waals surface area contributed by atoms with Gasteiger partial charge in [-0.3, -0.25) is 15.1 Å². The molecule has 0 unspecified atom stereocenters. The smallest absolute Gasteiger partial charge is 0.258 e. The number of pyridine rings is 1. The van der Waals surface area contributed by atoms with Gasteiger partial charge in [0.2, 0.25) is 10.0 Å². The molecule has 2 aromatic rings. The van der Waals surface area contributed by atoms with Gasteiger partial charge in [-0.1, -0.05) is 18.2 Å². The molecule has 0 radical (unpaired) electrons. The maximum Gasteiger partial charge on any atom is 0.289 e. The number of sulfonamides is 1. The molecule has 1 aromatic carbocycles. The van der Waals surface area contributed by atoms with Crippen molar-refractivity contribution in [1.29, 1.82) is 5.26 Å². The number of nitriles is 1. The number of unbranched alkanes of at least 4 members (excludes halogenated alkanes) is 2. The predicted molar refractivity (Wildman–Crippen MR) is 99.4 cm³/mol. The normalized spacial score (nSPS) is 11.1. The first-order chi connectivity index (χ1) is 12.9. The molecule has 2 rings (SSSR count). The third-order valence-electron chi connectivity index (χ3n) is 3.86. The summed E-state index contributed by atoms with van der Waals surface area (Å²) in [5.74, 6) is 0. The SMILES string of the molecule is N#CCCCCc1cccc(CCNS(=O)(=O)c2ccccc2[N+](=O)[O-])n1. The van der Waals surface area contributed by atoms with Crippen molar-refractivity contribution in [2.75, 3.05) is 6.54 Å². The van der Waals surface area contributed by atoms with Gasteiger partial charge in [0.25, 0.3) is 5.69 Å². The molecule has 0 fully saturated rings. The van der Waals surface area contributed by atoms with Crippen molar-refractivity contribution in [2.45, 2.75) is 37.0 Å². The van der Waals surface area contributed by atoms with Crippen molar-refractivity contribution in [3.63, 3.8) is 0 Å². The van der Waals surface area contributed by atoms with Crippen LogP contribution in [0.4, 0.5) is 5.69 Å². The van der Waals surface area contributed by atoms with Crippen molar-refractivity contribution in [2.24, 2.45) is 0 Å². The minimum atomic E-state index is -3.99. The monoisotopic (exact) mass is 388 g/mol. The molecule has 0 aliphatic rings. The molecule has 1 N–H and O–H groups in total. The molecule has 0 saturated carbocycles. The van der Waals surface area contributed by atoms with Gasteiger partial charge >= 0.3 is 0 Å². The fourth-order valence-corrected chi connectivity index (χ4v) is 3.75. The van der Waals surface area contributed by atoms with E-state index in [-0.39, 0.29) is 11.4 Å². The van der Waals surface area contributed by atoms with E-state index in [0.717, 1.165) is 36.7 Å². The van der Waals surface area contributed by atoms with E-state index < -0.39 is 20.6 Å². The molecule has 1 aromatic heterocycles. The number of benzene rings is 1. The minimum absolute atomic E-state index is 0.0826. The van der Waals surface area contributed by atoms with Gasteiger partial charge < -0.3 is 0 Å². The van der Waals surface area contributed by atoms with Gasteiger partial charge in [-0.05, 0) is 37.5 Å². The van der Waals surface area contributed by atoms with Crippen LogP contribution in [0.2, 0.25) is 0 Å². The number of hydrogen-bond acceptors (Lipinski definition) is 6. The molecular formula is C18H20N4O4S. The Morgan fingerprint density at radius 2 is 1.78 bits per heavy atom. The fraction of sp³-hybridized carbons (Fsp3) is 0.333. The molecule has 0 amide bonds. The Labute approximate surface area is 158 Å². The molecule has 0 aliphatic carbocycles.